The second-order valence-electron chi connectivity index (χ2n) is 3.84. The van der Waals surface area contributed by atoms with Gasteiger partial charge >= 0.3 is 10.4 Å². The van der Waals surface area contributed by atoms with Gasteiger partial charge in [0, 0.05) is 6.20 Å². The summed E-state index contributed by atoms with van der Waals surface area (Å²) in [5.41, 5.74) is 1.54. The Kier molecular flexibility index (Phi) is 4.05. The largest absolute Gasteiger partial charge is 0.506 e. The number of hydrogen-bond donors (Lipinski definition) is 2. The Morgan fingerprint density at radius 1 is 1.37 bits per heavy atom. The molecule has 0 unspecified atom stereocenters. The fourth-order valence-corrected chi connectivity index (χ4v) is 1.98. The van der Waals surface area contributed by atoms with Crippen LogP contribution >= 0.6 is 0 Å². The van der Waals surface area contributed by atoms with Gasteiger partial charge in [0.05, 0.1) is 5.69 Å². The van der Waals surface area contributed by atoms with E-state index in [0.717, 1.165) is 5.56 Å². The number of ether oxygens (including phenoxy) is 1. The molecule has 0 aliphatic carbocycles. The van der Waals surface area contributed by atoms with E-state index in [9.17, 15) is 13.5 Å². The summed E-state index contributed by atoms with van der Waals surface area (Å²) in [4.78, 5) is 1.61. The lowest BCUT2D eigenvalue weighted by atomic mass is 10.1. The van der Waals surface area contributed by atoms with E-state index in [2.05, 4.69) is 4.18 Å². The number of para-hydroxylation sites is 1. The Balaban J connectivity index is 1.99. The van der Waals surface area contributed by atoms with Crippen LogP contribution in [0.25, 0.3) is 0 Å². The van der Waals surface area contributed by atoms with Crippen molar-refractivity contribution in [3.8, 4) is 5.75 Å². The second-order valence-corrected chi connectivity index (χ2v) is 4.93. The molecule has 0 spiro atoms. The highest BCUT2D eigenvalue weighted by Gasteiger charge is 2.16. The third kappa shape index (κ3) is 3.67. The van der Waals surface area contributed by atoms with Crippen molar-refractivity contribution in [1.82, 2.24) is 0 Å². The first-order chi connectivity index (χ1) is 8.97. The van der Waals surface area contributed by atoms with Crippen LogP contribution in [0, 0.1) is 0 Å². The molecule has 19 heavy (non-hydrogen) atoms. The van der Waals surface area contributed by atoms with Gasteiger partial charge in [-0.1, -0.05) is 18.2 Å². The number of phenols is 1. The summed E-state index contributed by atoms with van der Waals surface area (Å²) in [5, 5.41) is 9.81. The van der Waals surface area contributed by atoms with Crippen LogP contribution in [-0.4, -0.2) is 31.6 Å². The van der Waals surface area contributed by atoms with E-state index in [1.807, 2.05) is 12.1 Å². The molecule has 0 atom stereocenters. The summed E-state index contributed by atoms with van der Waals surface area (Å²) in [6.07, 6.45) is 4.30. The lowest BCUT2D eigenvalue weighted by molar-refractivity contribution is 0.0156. The van der Waals surface area contributed by atoms with Gasteiger partial charge in [-0.3, -0.25) is 4.55 Å². The molecule has 0 amide bonds. The van der Waals surface area contributed by atoms with Crippen LogP contribution in [0.5, 0.6) is 5.75 Å². The molecule has 0 aromatic heterocycles. The van der Waals surface area contributed by atoms with Crippen molar-refractivity contribution in [1.29, 1.82) is 0 Å². The van der Waals surface area contributed by atoms with Crippen LogP contribution in [0.15, 0.2) is 30.5 Å². The van der Waals surface area contributed by atoms with E-state index < -0.39 is 17.2 Å². The van der Waals surface area contributed by atoms with E-state index in [1.54, 1.807) is 23.2 Å². The van der Waals surface area contributed by atoms with Gasteiger partial charge in [0.2, 0.25) is 0 Å². The Hall–Kier alpha value is -1.61. The average molecular weight is 287 g/mol. The molecule has 1 aromatic carbocycles. The van der Waals surface area contributed by atoms with E-state index in [-0.39, 0.29) is 12.5 Å². The lowest BCUT2D eigenvalue weighted by Gasteiger charge is -2.26. The Bertz CT molecular complexity index is 583. The zero-order valence-electron chi connectivity index (χ0n) is 9.89. The number of hydrogen-bond acceptors (Lipinski definition) is 6. The van der Waals surface area contributed by atoms with E-state index >= 15 is 0 Å². The van der Waals surface area contributed by atoms with E-state index in [4.69, 9.17) is 9.29 Å². The van der Waals surface area contributed by atoms with Crippen LogP contribution in [0.3, 0.4) is 0 Å². The van der Waals surface area contributed by atoms with Crippen molar-refractivity contribution >= 4 is 16.1 Å². The zero-order chi connectivity index (χ0) is 13.9. The van der Waals surface area contributed by atoms with Gasteiger partial charge in [-0.05, 0) is 18.1 Å². The maximum absolute atomic E-state index is 10.3. The molecule has 1 aliphatic heterocycles. The molecule has 2 rings (SSSR count). The molecule has 0 saturated heterocycles. The minimum Gasteiger partial charge on any atom is -0.506 e. The summed E-state index contributed by atoms with van der Waals surface area (Å²) < 4.78 is 38.0. The van der Waals surface area contributed by atoms with Crippen LogP contribution < -0.4 is 4.90 Å². The van der Waals surface area contributed by atoms with Crippen LogP contribution in [0.4, 0.5) is 5.69 Å². The van der Waals surface area contributed by atoms with Crippen molar-refractivity contribution in [2.24, 2.45) is 0 Å². The van der Waals surface area contributed by atoms with Gasteiger partial charge < -0.3 is 14.7 Å². The van der Waals surface area contributed by atoms with Crippen LogP contribution in [-0.2, 0) is 25.7 Å². The van der Waals surface area contributed by atoms with Gasteiger partial charge in [-0.15, -0.1) is 0 Å². The van der Waals surface area contributed by atoms with Gasteiger partial charge in [-0.25, -0.2) is 4.18 Å². The molecule has 0 saturated carbocycles. The number of rotatable bonds is 5. The minimum atomic E-state index is -4.51. The number of anilines is 1. The maximum Gasteiger partial charge on any atom is 0.399 e. The van der Waals surface area contributed by atoms with Gasteiger partial charge in [0.1, 0.15) is 12.5 Å². The Morgan fingerprint density at radius 3 is 2.89 bits per heavy atom. The summed E-state index contributed by atoms with van der Waals surface area (Å²) in [7, 11) is -4.51. The van der Waals surface area contributed by atoms with Gasteiger partial charge in [-0.2, -0.15) is 8.42 Å². The fraction of sp³-hybridized carbons (Fsp3) is 0.273. The summed E-state index contributed by atoms with van der Waals surface area (Å²) in [6, 6.07) is 5.17. The summed E-state index contributed by atoms with van der Waals surface area (Å²) in [6.45, 7) is -0.622. The number of benzene rings is 1. The van der Waals surface area contributed by atoms with Crippen molar-refractivity contribution < 1.29 is 27.0 Å². The molecule has 0 radical (unpaired) electrons. The molecule has 104 valence electrons. The number of fused-ring (bicyclic) bond motifs is 1. The van der Waals surface area contributed by atoms with Crippen LogP contribution in [0.1, 0.15) is 5.56 Å². The topological polar surface area (TPSA) is 96.3 Å². The SMILES string of the molecule is O=S(=O)(O)OCOCN1C=CCc2cccc(O)c21. The first kappa shape index (κ1) is 13.8. The third-order valence-electron chi connectivity index (χ3n) is 2.52. The maximum atomic E-state index is 10.3. The number of aromatic hydroxyl groups is 1. The quantitative estimate of drug-likeness (QED) is 0.474. The first-order valence-electron chi connectivity index (χ1n) is 5.41. The second kappa shape index (κ2) is 5.57. The van der Waals surface area contributed by atoms with Crippen molar-refractivity contribution in [2.45, 2.75) is 6.42 Å². The molecule has 1 aromatic rings. The molecule has 2 N–H and O–H groups in total. The predicted molar refractivity (Wildman–Crippen MR) is 66.9 cm³/mol. The molecule has 1 aliphatic rings. The molecule has 7 nitrogen and oxygen atoms in total. The molecular weight excluding hydrogens is 274 g/mol. The molecule has 0 bridgehead atoms. The average Bonchev–Trinajstić information content (AvgIpc) is 2.34. The summed E-state index contributed by atoms with van der Waals surface area (Å²) in [5.74, 6) is 0.112. The fourth-order valence-electron chi connectivity index (χ4n) is 1.79. The van der Waals surface area contributed by atoms with Crippen molar-refractivity contribution in [2.75, 3.05) is 18.4 Å². The molecule has 1 heterocycles. The molecule has 0 fully saturated rings. The highest BCUT2D eigenvalue weighted by molar-refractivity contribution is 7.80. The van der Waals surface area contributed by atoms with Crippen molar-refractivity contribution in [3.63, 3.8) is 0 Å². The molecular formula is C11H13NO6S. The van der Waals surface area contributed by atoms with Crippen molar-refractivity contribution in [3.05, 3.63) is 36.0 Å². The lowest BCUT2D eigenvalue weighted by Crippen LogP contribution is -2.24. The molecule has 8 heteroatoms. The Labute approximate surface area is 110 Å². The number of phenolic OH excluding ortho intramolecular Hbond substituents is 1. The standard InChI is InChI=1S/C11H13NO6S/c13-10-5-1-3-9-4-2-6-12(11(9)10)7-17-8-18-19(14,15)16/h1-3,5-6,13H,4,7-8H2,(H,14,15,16). The number of nitrogens with zero attached hydrogens (tertiary/aromatic N) is 1. The van der Waals surface area contributed by atoms with E-state index in [0.29, 0.717) is 12.1 Å². The monoisotopic (exact) mass is 287 g/mol. The van der Waals surface area contributed by atoms with Gasteiger partial charge in [0.25, 0.3) is 0 Å². The highest BCUT2D eigenvalue weighted by Crippen LogP contribution is 2.34. The smallest absolute Gasteiger partial charge is 0.399 e. The zero-order valence-corrected chi connectivity index (χ0v) is 10.7. The predicted octanol–water partition coefficient (Wildman–Crippen LogP) is 1.02. The summed E-state index contributed by atoms with van der Waals surface area (Å²) >= 11 is 0. The highest BCUT2D eigenvalue weighted by atomic mass is 32.3. The normalized spacial score (nSPS) is 14.5. The third-order valence-corrected chi connectivity index (χ3v) is 2.91. The van der Waals surface area contributed by atoms with E-state index in [1.165, 1.54) is 0 Å². The number of allylic oxidation sites excluding steroid dienone is 1. The van der Waals surface area contributed by atoms with Crippen LogP contribution in [0.2, 0.25) is 0 Å². The first-order valence-corrected chi connectivity index (χ1v) is 6.77. The minimum absolute atomic E-state index is 0.0173. The Morgan fingerprint density at radius 2 is 2.16 bits per heavy atom. The van der Waals surface area contributed by atoms with Gasteiger partial charge in [0.15, 0.2) is 6.79 Å².